The van der Waals surface area contributed by atoms with Gasteiger partial charge in [0, 0.05) is 18.5 Å². The quantitative estimate of drug-likeness (QED) is 0.580. The van der Waals surface area contributed by atoms with Crippen molar-refractivity contribution in [1.82, 2.24) is 0 Å². The van der Waals surface area contributed by atoms with Gasteiger partial charge in [-0.3, -0.25) is 9.59 Å². The Labute approximate surface area is 175 Å². The van der Waals surface area contributed by atoms with Crippen LogP contribution in [0.4, 0.5) is 15.8 Å². The Kier molecular flexibility index (Phi) is 8.57. The van der Waals surface area contributed by atoms with E-state index in [0.29, 0.717) is 18.8 Å². The number of benzene rings is 2. The van der Waals surface area contributed by atoms with E-state index in [1.165, 1.54) is 18.2 Å². The molecule has 0 spiro atoms. The van der Waals surface area contributed by atoms with Crippen LogP contribution < -0.4 is 15.5 Å². The van der Waals surface area contributed by atoms with Crippen molar-refractivity contribution in [2.24, 2.45) is 0 Å². The number of anilines is 2. The molecule has 2 amide bonds. The largest absolute Gasteiger partial charge is 0.379 e. The van der Waals surface area contributed by atoms with Gasteiger partial charge in [0.05, 0.1) is 11.6 Å². The number of hydrogen-bond acceptors (Lipinski definition) is 3. The minimum Gasteiger partial charge on any atom is -0.379 e. The van der Waals surface area contributed by atoms with E-state index in [2.05, 4.69) is 10.6 Å². The molecular formula is C21H26ClFN3O3+. The van der Waals surface area contributed by atoms with Crippen molar-refractivity contribution < 1.29 is 23.6 Å². The fraction of sp³-hybridized carbons (Fsp3) is 0.333. The summed E-state index contributed by atoms with van der Waals surface area (Å²) in [5, 5.41) is 5.51. The maximum Gasteiger partial charge on any atom is 0.279 e. The molecule has 2 rings (SSSR count). The lowest BCUT2D eigenvalue weighted by molar-refractivity contribution is -0.883. The summed E-state index contributed by atoms with van der Waals surface area (Å²) in [5.74, 6) is -1.05. The first-order chi connectivity index (χ1) is 13.8. The first-order valence-corrected chi connectivity index (χ1v) is 9.61. The number of amides is 2. The van der Waals surface area contributed by atoms with E-state index in [4.69, 9.17) is 16.3 Å². The highest BCUT2D eigenvalue weighted by atomic mass is 35.5. The third-order valence-corrected chi connectivity index (χ3v) is 4.85. The molecule has 2 aromatic rings. The summed E-state index contributed by atoms with van der Waals surface area (Å²) < 4.78 is 18.3. The fourth-order valence-electron chi connectivity index (χ4n) is 2.80. The maximum atomic E-state index is 13.3. The van der Waals surface area contributed by atoms with Gasteiger partial charge in [-0.25, -0.2) is 4.39 Å². The van der Waals surface area contributed by atoms with E-state index >= 15 is 0 Å². The van der Waals surface area contributed by atoms with Crippen LogP contribution in [0.5, 0.6) is 0 Å². The lowest BCUT2D eigenvalue weighted by Crippen LogP contribution is -3.14. The molecule has 0 aromatic heterocycles. The second-order valence-electron chi connectivity index (χ2n) is 6.82. The molecule has 0 heterocycles. The van der Waals surface area contributed by atoms with Crippen molar-refractivity contribution in [3.8, 4) is 0 Å². The van der Waals surface area contributed by atoms with E-state index < -0.39 is 5.82 Å². The lowest BCUT2D eigenvalue weighted by atomic mass is 10.1. The van der Waals surface area contributed by atoms with E-state index in [-0.39, 0.29) is 29.9 Å². The average molecular weight is 423 g/mol. The van der Waals surface area contributed by atoms with Crippen molar-refractivity contribution in [2.75, 3.05) is 44.0 Å². The van der Waals surface area contributed by atoms with Crippen LogP contribution in [-0.4, -0.2) is 45.2 Å². The van der Waals surface area contributed by atoms with Crippen molar-refractivity contribution in [2.45, 2.75) is 13.8 Å². The smallest absolute Gasteiger partial charge is 0.279 e. The molecule has 3 N–H and O–H groups in total. The number of ether oxygens (including phenoxy) is 1. The van der Waals surface area contributed by atoms with E-state index in [9.17, 15) is 14.0 Å². The molecule has 0 bridgehead atoms. The summed E-state index contributed by atoms with van der Waals surface area (Å²) in [6, 6.07) is 9.67. The maximum absolute atomic E-state index is 13.3. The van der Waals surface area contributed by atoms with E-state index in [0.717, 1.165) is 21.7 Å². The molecule has 8 heteroatoms. The van der Waals surface area contributed by atoms with Gasteiger partial charge in [-0.05, 0) is 49.2 Å². The number of carbonyl (C=O) groups excluding carboxylic acids is 2. The molecule has 0 aliphatic carbocycles. The molecule has 0 saturated heterocycles. The number of nitrogens with one attached hydrogen (secondary N) is 3. The van der Waals surface area contributed by atoms with Gasteiger partial charge in [0.2, 0.25) is 0 Å². The summed E-state index contributed by atoms with van der Waals surface area (Å²) in [7, 11) is 1.56. The summed E-state index contributed by atoms with van der Waals surface area (Å²) in [6.07, 6.45) is 0. The first kappa shape index (κ1) is 22.8. The van der Waals surface area contributed by atoms with Gasteiger partial charge in [0.15, 0.2) is 13.1 Å². The zero-order valence-electron chi connectivity index (χ0n) is 16.8. The molecule has 0 fully saturated rings. The number of carbonyl (C=O) groups is 2. The van der Waals surface area contributed by atoms with Crippen LogP contribution in [0, 0.1) is 19.7 Å². The van der Waals surface area contributed by atoms with Crippen LogP contribution in [0.2, 0.25) is 5.02 Å². The number of hydrogen-bond donors (Lipinski definition) is 3. The van der Waals surface area contributed by atoms with Crippen LogP contribution in [0.3, 0.4) is 0 Å². The van der Waals surface area contributed by atoms with Gasteiger partial charge in [0.1, 0.15) is 12.4 Å². The minimum absolute atomic E-state index is 0.0541. The van der Waals surface area contributed by atoms with Crippen LogP contribution >= 0.6 is 11.6 Å². The van der Waals surface area contributed by atoms with Crippen molar-refractivity contribution in [3.05, 3.63) is 58.4 Å². The molecule has 0 aliphatic heterocycles. The SMILES string of the molecule is COCC[NH+](CC(=O)Nc1ccc(F)c(Cl)c1)CC(=O)Nc1cccc(C)c1C. The molecule has 1 atom stereocenters. The number of methoxy groups -OCH3 is 1. The normalized spacial score (nSPS) is 11.8. The molecule has 29 heavy (non-hydrogen) atoms. The molecule has 0 radical (unpaired) electrons. The highest BCUT2D eigenvalue weighted by Gasteiger charge is 2.19. The zero-order chi connectivity index (χ0) is 21.4. The van der Waals surface area contributed by atoms with Gasteiger partial charge < -0.3 is 20.3 Å². The minimum atomic E-state index is -0.555. The first-order valence-electron chi connectivity index (χ1n) is 9.23. The molecular weight excluding hydrogens is 397 g/mol. The highest BCUT2D eigenvalue weighted by Crippen LogP contribution is 2.19. The molecule has 0 aliphatic rings. The van der Waals surface area contributed by atoms with Crippen LogP contribution in [-0.2, 0) is 14.3 Å². The lowest BCUT2D eigenvalue weighted by Gasteiger charge is -2.19. The molecule has 2 aromatic carbocycles. The molecule has 6 nitrogen and oxygen atoms in total. The summed E-state index contributed by atoms with van der Waals surface area (Å²) in [4.78, 5) is 25.6. The Bertz CT molecular complexity index is 876. The predicted octanol–water partition coefficient (Wildman–Crippen LogP) is 2.20. The Morgan fingerprint density at radius 1 is 1.10 bits per heavy atom. The van der Waals surface area contributed by atoms with Crippen LogP contribution in [0.25, 0.3) is 0 Å². The Balaban J connectivity index is 1.98. The van der Waals surface area contributed by atoms with Gasteiger partial charge in [-0.15, -0.1) is 0 Å². The van der Waals surface area contributed by atoms with E-state index in [1.54, 1.807) is 7.11 Å². The van der Waals surface area contributed by atoms with Crippen LogP contribution in [0.15, 0.2) is 36.4 Å². The van der Waals surface area contributed by atoms with Gasteiger partial charge >= 0.3 is 0 Å². The molecule has 1 unspecified atom stereocenters. The standard InChI is InChI=1S/C21H25ClFN3O3/c1-14-5-4-6-19(15(14)2)25-21(28)13-26(9-10-29-3)12-20(27)24-16-7-8-18(23)17(22)11-16/h4-8,11H,9-10,12-13H2,1-3H3,(H,24,27)(H,25,28)/p+1. The second kappa shape index (κ2) is 10.9. The average Bonchev–Trinajstić information content (AvgIpc) is 2.66. The summed E-state index contributed by atoms with van der Waals surface area (Å²) >= 11 is 5.74. The van der Waals surface area contributed by atoms with Crippen molar-refractivity contribution >= 4 is 34.8 Å². The third kappa shape index (κ3) is 7.12. The highest BCUT2D eigenvalue weighted by molar-refractivity contribution is 6.31. The predicted molar refractivity (Wildman–Crippen MR) is 112 cm³/mol. The summed E-state index contributed by atoms with van der Waals surface area (Å²) in [6.45, 7) is 4.97. The topological polar surface area (TPSA) is 71.9 Å². The number of aryl methyl sites for hydroxylation is 1. The fourth-order valence-corrected chi connectivity index (χ4v) is 2.98. The van der Waals surface area contributed by atoms with Gasteiger partial charge in [-0.1, -0.05) is 23.7 Å². The zero-order valence-corrected chi connectivity index (χ0v) is 17.5. The summed E-state index contributed by atoms with van der Waals surface area (Å²) in [5.41, 5.74) is 3.24. The van der Waals surface area contributed by atoms with Crippen molar-refractivity contribution in [3.63, 3.8) is 0 Å². The van der Waals surface area contributed by atoms with Gasteiger partial charge in [-0.2, -0.15) is 0 Å². The van der Waals surface area contributed by atoms with Gasteiger partial charge in [0.25, 0.3) is 11.8 Å². The Morgan fingerprint density at radius 2 is 1.79 bits per heavy atom. The third-order valence-electron chi connectivity index (χ3n) is 4.56. The van der Waals surface area contributed by atoms with Crippen molar-refractivity contribution in [1.29, 1.82) is 0 Å². The van der Waals surface area contributed by atoms with E-state index in [1.807, 2.05) is 32.0 Å². The Morgan fingerprint density at radius 3 is 2.45 bits per heavy atom. The second-order valence-corrected chi connectivity index (χ2v) is 7.23. The number of halogens is 2. The van der Waals surface area contributed by atoms with Crippen LogP contribution in [0.1, 0.15) is 11.1 Å². The molecule has 156 valence electrons. The monoisotopic (exact) mass is 422 g/mol. The molecule has 0 saturated carbocycles. The number of rotatable bonds is 9. The Hall–Kier alpha value is -2.48. The number of quaternary nitrogens is 1.